The fourth-order valence-electron chi connectivity index (χ4n) is 1.67. The monoisotopic (exact) mass is 283 g/mol. The molecule has 2 atom stereocenters. The number of aliphatic hydroxyl groups is 1. The molecule has 5 heteroatoms. The molecule has 4 nitrogen and oxygen atoms in total. The molecule has 0 bridgehead atoms. The molecule has 20 heavy (non-hydrogen) atoms. The molecule has 0 radical (unpaired) electrons. The second-order valence-electron chi connectivity index (χ2n) is 5.86. The Morgan fingerprint density at radius 3 is 2.45 bits per heavy atom. The standard InChI is InChI=1S/C15H22FNO3/c1-9(18)12-7-6-11(16)8-13(12)20-10(2)14(19)17-15(3,4)5/h6-10,18H,1-5H3,(H,17,19)/t9-,10?/m1/s1. The van der Waals surface area contributed by atoms with Crippen molar-refractivity contribution in [2.75, 3.05) is 0 Å². The van der Waals surface area contributed by atoms with Crippen LogP contribution in [0.2, 0.25) is 0 Å². The van der Waals surface area contributed by atoms with Crippen LogP contribution in [0.4, 0.5) is 4.39 Å². The van der Waals surface area contributed by atoms with E-state index < -0.39 is 18.0 Å². The Kier molecular flexibility index (Phi) is 5.11. The van der Waals surface area contributed by atoms with Crippen molar-refractivity contribution in [3.63, 3.8) is 0 Å². The van der Waals surface area contributed by atoms with E-state index in [2.05, 4.69) is 5.32 Å². The van der Waals surface area contributed by atoms with Gasteiger partial charge in [0.2, 0.25) is 0 Å². The average Bonchev–Trinajstić information content (AvgIpc) is 2.26. The second kappa shape index (κ2) is 6.22. The summed E-state index contributed by atoms with van der Waals surface area (Å²) in [7, 11) is 0. The van der Waals surface area contributed by atoms with Gasteiger partial charge in [0.25, 0.3) is 5.91 Å². The van der Waals surface area contributed by atoms with Crippen molar-refractivity contribution in [3.05, 3.63) is 29.6 Å². The van der Waals surface area contributed by atoms with Crippen LogP contribution >= 0.6 is 0 Å². The molecule has 0 aliphatic rings. The molecule has 1 amide bonds. The third-order valence-electron chi connectivity index (χ3n) is 2.60. The molecule has 0 fully saturated rings. The van der Waals surface area contributed by atoms with E-state index in [0.717, 1.165) is 0 Å². The van der Waals surface area contributed by atoms with E-state index in [1.54, 1.807) is 13.8 Å². The van der Waals surface area contributed by atoms with Crippen molar-refractivity contribution in [3.8, 4) is 5.75 Å². The van der Waals surface area contributed by atoms with Gasteiger partial charge in [-0.2, -0.15) is 0 Å². The molecule has 0 spiro atoms. The topological polar surface area (TPSA) is 58.6 Å². The quantitative estimate of drug-likeness (QED) is 0.893. The number of benzene rings is 1. The molecule has 0 saturated heterocycles. The summed E-state index contributed by atoms with van der Waals surface area (Å²) in [5, 5.41) is 12.4. The Bertz CT molecular complexity index is 480. The smallest absolute Gasteiger partial charge is 0.261 e. The van der Waals surface area contributed by atoms with Crippen LogP contribution in [0.5, 0.6) is 5.75 Å². The lowest BCUT2D eigenvalue weighted by Gasteiger charge is -2.24. The summed E-state index contributed by atoms with van der Waals surface area (Å²) in [5.74, 6) is -0.595. The van der Waals surface area contributed by atoms with Gasteiger partial charge in [-0.15, -0.1) is 0 Å². The lowest BCUT2D eigenvalue weighted by atomic mass is 10.1. The van der Waals surface area contributed by atoms with Gasteiger partial charge in [-0.05, 0) is 46.8 Å². The van der Waals surface area contributed by atoms with E-state index in [0.29, 0.717) is 5.56 Å². The maximum atomic E-state index is 13.3. The summed E-state index contributed by atoms with van der Waals surface area (Å²) in [6.45, 7) is 8.72. The number of rotatable bonds is 4. The molecule has 0 heterocycles. The molecular formula is C15H22FNO3. The fraction of sp³-hybridized carbons (Fsp3) is 0.533. The first kappa shape index (κ1) is 16.4. The van der Waals surface area contributed by atoms with E-state index in [9.17, 15) is 14.3 Å². The van der Waals surface area contributed by atoms with Crippen LogP contribution < -0.4 is 10.1 Å². The van der Waals surface area contributed by atoms with Gasteiger partial charge in [-0.3, -0.25) is 4.79 Å². The number of carbonyl (C=O) groups excluding carboxylic acids is 1. The van der Waals surface area contributed by atoms with Crippen LogP contribution in [-0.2, 0) is 4.79 Å². The summed E-state index contributed by atoms with van der Waals surface area (Å²) in [4.78, 5) is 11.9. The highest BCUT2D eigenvalue weighted by molar-refractivity contribution is 5.81. The first-order valence-electron chi connectivity index (χ1n) is 6.56. The Labute approximate surface area is 119 Å². The van der Waals surface area contributed by atoms with Gasteiger partial charge in [0.15, 0.2) is 6.10 Å². The second-order valence-corrected chi connectivity index (χ2v) is 5.86. The van der Waals surface area contributed by atoms with E-state index in [4.69, 9.17) is 4.74 Å². The number of halogens is 1. The fourth-order valence-corrected chi connectivity index (χ4v) is 1.67. The van der Waals surface area contributed by atoms with Crippen molar-refractivity contribution in [2.45, 2.75) is 52.4 Å². The highest BCUT2D eigenvalue weighted by Crippen LogP contribution is 2.27. The molecule has 1 unspecified atom stereocenters. The minimum atomic E-state index is -0.802. The molecule has 0 saturated carbocycles. The average molecular weight is 283 g/mol. The zero-order valence-corrected chi connectivity index (χ0v) is 12.5. The van der Waals surface area contributed by atoms with Crippen molar-refractivity contribution in [1.29, 1.82) is 0 Å². The largest absolute Gasteiger partial charge is 0.480 e. The predicted octanol–water partition coefficient (Wildman–Crippen LogP) is 2.56. The molecule has 2 N–H and O–H groups in total. The van der Waals surface area contributed by atoms with Crippen molar-refractivity contribution >= 4 is 5.91 Å². The minimum absolute atomic E-state index is 0.177. The molecule has 1 aromatic carbocycles. The minimum Gasteiger partial charge on any atom is -0.480 e. The number of nitrogens with one attached hydrogen (secondary N) is 1. The first-order valence-corrected chi connectivity index (χ1v) is 6.56. The maximum absolute atomic E-state index is 13.3. The molecule has 0 aromatic heterocycles. The molecular weight excluding hydrogens is 261 g/mol. The summed E-state index contributed by atoms with van der Waals surface area (Å²) >= 11 is 0. The highest BCUT2D eigenvalue weighted by Gasteiger charge is 2.22. The van der Waals surface area contributed by atoms with Crippen molar-refractivity contribution in [1.82, 2.24) is 5.32 Å². The third kappa shape index (κ3) is 4.81. The van der Waals surface area contributed by atoms with Crippen LogP contribution in [0, 0.1) is 5.82 Å². The lowest BCUT2D eigenvalue weighted by Crippen LogP contribution is -2.46. The van der Waals surface area contributed by atoms with Gasteiger partial charge in [-0.1, -0.05) is 0 Å². The SMILES string of the molecule is CC(Oc1cc(F)ccc1[C@@H](C)O)C(=O)NC(C)(C)C. The predicted molar refractivity (Wildman–Crippen MR) is 75.0 cm³/mol. The third-order valence-corrected chi connectivity index (χ3v) is 2.60. The molecule has 0 aliphatic carbocycles. The van der Waals surface area contributed by atoms with E-state index >= 15 is 0 Å². The Morgan fingerprint density at radius 1 is 1.35 bits per heavy atom. The van der Waals surface area contributed by atoms with E-state index in [1.807, 2.05) is 20.8 Å². The van der Waals surface area contributed by atoms with Gasteiger partial charge in [0.1, 0.15) is 11.6 Å². The molecule has 1 aromatic rings. The summed E-state index contributed by atoms with van der Waals surface area (Å²) in [6.07, 6.45) is -1.59. The molecule has 0 aliphatic heterocycles. The Hall–Kier alpha value is -1.62. The number of amides is 1. The van der Waals surface area contributed by atoms with Crippen LogP contribution in [0.3, 0.4) is 0 Å². The van der Waals surface area contributed by atoms with E-state index in [1.165, 1.54) is 18.2 Å². The molecule has 1 rings (SSSR count). The van der Waals surface area contributed by atoms with Gasteiger partial charge in [0.05, 0.1) is 6.10 Å². The Morgan fingerprint density at radius 2 is 1.95 bits per heavy atom. The number of ether oxygens (including phenoxy) is 1. The normalized spacial score (nSPS) is 14.6. The van der Waals surface area contributed by atoms with Crippen LogP contribution in [0.25, 0.3) is 0 Å². The number of hydrogen-bond donors (Lipinski definition) is 2. The van der Waals surface area contributed by atoms with Crippen LogP contribution in [-0.4, -0.2) is 22.7 Å². The van der Waals surface area contributed by atoms with Crippen LogP contribution in [0.1, 0.15) is 46.3 Å². The van der Waals surface area contributed by atoms with Crippen LogP contribution in [0.15, 0.2) is 18.2 Å². The van der Waals surface area contributed by atoms with Gasteiger partial charge in [0, 0.05) is 17.2 Å². The zero-order valence-electron chi connectivity index (χ0n) is 12.5. The molecule has 112 valence electrons. The Balaban J connectivity index is 2.87. The number of carbonyl (C=O) groups is 1. The zero-order chi connectivity index (χ0) is 15.5. The number of hydrogen-bond acceptors (Lipinski definition) is 3. The highest BCUT2D eigenvalue weighted by atomic mass is 19.1. The lowest BCUT2D eigenvalue weighted by molar-refractivity contribution is -0.128. The van der Waals surface area contributed by atoms with Crippen molar-refractivity contribution < 1.29 is 19.0 Å². The summed E-state index contributed by atoms with van der Waals surface area (Å²) in [6, 6.07) is 3.86. The maximum Gasteiger partial charge on any atom is 0.261 e. The van der Waals surface area contributed by atoms with Crippen molar-refractivity contribution in [2.24, 2.45) is 0 Å². The van der Waals surface area contributed by atoms with Gasteiger partial charge in [-0.25, -0.2) is 4.39 Å². The van der Waals surface area contributed by atoms with Gasteiger partial charge < -0.3 is 15.2 Å². The van der Waals surface area contributed by atoms with Gasteiger partial charge >= 0.3 is 0 Å². The summed E-state index contributed by atoms with van der Waals surface area (Å²) in [5.41, 5.74) is 0.0748. The van der Waals surface area contributed by atoms with E-state index in [-0.39, 0.29) is 17.2 Å². The number of aliphatic hydroxyl groups excluding tert-OH is 1. The first-order chi connectivity index (χ1) is 9.10. The summed E-state index contributed by atoms with van der Waals surface area (Å²) < 4.78 is 18.8.